The normalized spacial score (nSPS) is 13.3. The molecule has 0 radical (unpaired) electrons. The van der Waals surface area contributed by atoms with Gasteiger partial charge in [-0.3, -0.25) is 10.1 Å². The van der Waals surface area contributed by atoms with Gasteiger partial charge in [0.05, 0.1) is 18.1 Å². The van der Waals surface area contributed by atoms with Crippen LogP contribution < -0.4 is 9.47 Å². The molecule has 0 aliphatic heterocycles. The lowest BCUT2D eigenvalue weighted by Gasteiger charge is -2.39. The molecule has 0 aliphatic rings. The molecule has 3 aromatic carbocycles. The van der Waals surface area contributed by atoms with Crippen molar-refractivity contribution >= 4 is 17.4 Å². The Balaban J connectivity index is 1.35. The highest BCUT2D eigenvalue weighted by Crippen LogP contribution is 2.60. The van der Waals surface area contributed by atoms with Crippen LogP contribution in [0.25, 0.3) is 11.1 Å². The van der Waals surface area contributed by atoms with Crippen LogP contribution in [0.2, 0.25) is 0 Å². The van der Waals surface area contributed by atoms with Crippen molar-refractivity contribution < 1.29 is 71.5 Å². The van der Waals surface area contributed by atoms with E-state index >= 15 is 0 Å². The fourth-order valence-corrected chi connectivity index (χ4v) is 5.27. The van der Waals surface area contributed by atoms with E-state index in [0.29, 0.717) is 36.3 Å². The number of alkyl halides is 13. The molecule has 0 spiro atoms. The zero-order chi connectivity index (χ0) is 38.3. The van der Waals surface area contributed by atoms with Crippen LogP contribution in [0.3, 0.4) is 0 Å². The number of ether oxygens (including phenoxy) is 2. The van der Waals surface area contributed by atoms with Crippen molar-refractivity contribution in [2.24, 2.45) is 0 Å². The van der Waals surface area contributed by atoms with E-state index < -0.39 is 52.9 Å². The fourth-order valence-electron chi connectivity index (χ4n) is 4.35. The third-order valence-electron chi connectivity index (χ3n) is 7.35. The van der Waals surface area contributed by atoms with Gasteiger partial charge in [0.1, 0.15) is 11.5 Å². The molecule has 19 heteroatoms. The first kappa shape index (κ1) is 41.5. The standard InChI is InChI=1S/C32H28F13NO4S/c33-27(34,28(35,36)29(37,38)30(39,40)31(41,42)32(43,44)45)17-20-51-26-15-13-25(14-16-26)50-19-4-2-1-3-18-49-24-11-7-22(8-12-24)21-5-9-23(10-6-21)46(47)48/h5-16H,1-4,17-20H2. The number of thioether (sulfide) groups is 1. The second-order valence-electron chi connectivity index (χ2n) is 11.0. The van der Waals surface area contributed by atoms with Crippen molar-refractivity contribution in [3.63, 3.8) is 0 Å². The third kappa shape index (κ3) is 9.51. The summed E-state index contributed by atoms with van der Waals surface area (Å²) in [5.74, 6) is -37.0. The van der Waals surface area contributed by atoms with Crippen LogP contribution in [-0.4, -0.2) is 59.7 Å². The van der Waals surface area contributed by atoms with Gasteiger partial charge in [0.2, 0.25) is 0 Å². The summed E-state index contributed by atoms with van der Waals surface area (Å²) >= 11 is 0.377. The molecule has 3 aromatic rings. The molecule has 0 aliphatic carbocycles. The number of unbranched alkanes of at least 4 members (excludes halogenated alkanes) is 3. The Hall–Kier alpha value is -3.90. The highest BCUT2D eigenvalue weighted by atomic mass is 32.2. The van der Waals surface area contributed by atoms with Gasteiger partial charge in [0, 0.05) is 29.2 Å². The molecular weight excluding hydrogens is 741 g/mol. The largest absolute Gasteiger partial charge is 0.494 e. The van der Waals surface area contributed by atoms with E-state index in [9.17, 15) is 67.2 Å². The summed E-state index contributed by atoms with van der Waals surface area (Å²) in [6.07, 6.45) is -6.76. The van der Waals surface area contributed by atoms with Gasteiger partial charge in [0.25, 0.3) is 5.69 Å². The molecular formula is C32H28F13NO4S. The Morgan fingerprint density at radius 1 is 0.549 bits per heavy atom. The summed E-state index contributed by atoms with van der Waals surface area (Å²) in [6.45, 7) is 0.730. The van der Waals surface area contributed by atoms with E-state index in [2.05, 4.69) is 0 Å². The summed E-state index contributed by atoms with van der Waals surface area (Å²) < 4.78 is 183. The molecule has 0 aromatic heterocycles. The van der Waals surface area contributed by atoms with E-state index in [1.807, 2.05) is 12.1 Å². The minimum absolute atomic E-state index is 0.00646. The van der Waals surface area contributed by atoms with Gasteiger partial charge < -0.3 is 9.47 Å². The number of hydrogen-bond acceptors (Lipinski definition) is 5. The van der Waals surface area contributed by atoms with Gasteiger partial charge in [-0.15, -0.1) is 11.8 Å². The van der Waals surface area contributed by atoms with Crippen LogP contribution in [-0.2, 0) is 0 Å². The quantitative estimate of drug-likeness (QED) is 0.0399. The predicted octanol–water partition coefficient (Wildman–Crippen LogP) is 11.5. The van der Waals surface area contributed by atoms with Crippen LogP contribution in [0, 0.1) is 10.1 Å². The summed E-state index contributed by atoms with van der Waals surface area (Å²) in [7, 11) is 0. The first-order valence-electron chi connectivity index (χ1n) is 14.8. The zero-order valence-electron chi connectivity index (χ0n) is 26.0. The van der Waals surface area contributed by atoms with Gasteiger partial charge in [0.15, 0.2) is 0 Å². The average molecular weight is 770 g/mol. The molecule has 0 fully saturated rings. The smallest absolute Gasteiger partial charge is 0.460 e. The average Bonchev–Trinajstić information content (AvgIpc) is 3.06. The number of nitro benzene ring substituents is 1. The van der Waals surface area contributed by atoms with E-state index in [1.165, 1.54) is 36.4 Å². The molecule has 0 bridgehead atoms. The van der Waals surface area contributed by atoms with Crippen molar-refractivity contribution in [1.29, 1.82) is 0 Å². The van der Waals surface area contributed by atoms with Gasteiger partial charge in [-0.05, 0) is 85.3 Å². The molecule has 0 saturated carbocycles. The van der Waals surface area contributed by atoms with Gasteiger partial charge >= 0.3 is 35.8 Å². The Kier molecular flexibility index (Phi) is 13.2. The molecule has 0 atom stereocenters. The highest BCUT2D eigenvalue weighted by Gasteiger charge is 2.90. The number of rotatable bonds is 19. The number of benzene rings is 3. The van der Waals surface area contributed by atoms with Gasteiger partial charge in [-0.2, -0.15) is 57.1 Å². The SMILES string of the molecule is O=[N+]([O-])c1ccc(-c2ccc(OCCCCCCOc3ccc(SCCC(F)(F)C(F)(F)C(F)(F)C(F)(F)C(F)(F)C(F)(F)F)cc3)cc2)cc1. The van der Waals surface area contributed by atoms with Gasteiger partial charge in [-0.25, -0.2) is 0 Å². The van der Waals surface area contributed by atoms with Crippen molar-refractivity contribution in [2.45, 2.75) is 72.8 Å². The maximum absolute atomic E-state index is 14.0. The van der Waals surface area contributed by atoms with E-state index in [0.717, 1.165) is 30.4 Å². The second kappa shape index (κ2) is 16.2. The van der Waals surface area contributed by atoms with E-state index in [4.69, 9.17) is 9.47 Å². The highest BCUT2D eigenvalue weighted by molar-refractivity contribution is 7.99. The monoisotopic (exact) mass is 769 g/mol. The second-order valence-corrected chi connectivity index (χ2v) is 12.2. The first-order valence-corrected chi connectivity index (χ1v) is 15.8. The molecule has 5 nitrogen and oxygen atoms in total. The van der Waals surface area contributed by atoms with Crippen molar-refractivity contribution in [2.75, 3.05) is 19.0 Å². The molecule has 0 amide bonds. The predicted molar refractivity (Wildman–Crippen MR) is 161 cm³/mol. The molecule has 0 heterocycles. The van der Waals surface area contributed by atoms with Crippen LogP contribution in [0.5, 0.6) is 11.5 Å². The van der Waals surface area contributed by atoms with Crippen LogP contribution in [0.4, 0.5) is 62.8 Å². The van der Waals surface area contributed by atoms with Gasteiger partial charge in [-0.1, -0.05) is 12.1 Å². The summed E-state index contributed by atoms with van der Waals surface area (Å²) in [5.41, 5.74) is 1.67. The van der Waals surface area contributed by atoms with E-state index in [1.54, 1.807) is 24.3 Å². The number of hydrogen-bond donors (Lipinski definition) is 0. The van der Waals surface area contributed by atoms with Crippen LogP contribution in [0.15, 0.2) is 77.7 Å². The Bertz CT molecular complexity index is 1570. The Morgan fingerprint density at radius 3 is 1.39 bits per heavy atom. The van der Waals surface area contributed by atoms with Crippen molar-refractivity contribution in [3.05, 3.63) is 82.9 Å². The lowest BCUT2D eigenvalue weighted by Crippen LogP contribution is -2.70. The Labute approximate surface area is 286 Å². The molecule has 0 unspecified atom stereocenters. The summed E-state index contributed by atoms with van der Waals surface area (Å²) in [4.78, 5) is 10.4. The lowest BCUT2D eigenvalue weighted by molar-refractivity contribution is -0.439. The van der Waals surface area contributed by atoms with Crippen molar-refractivity contribution in [1.82, 2.24) is 0 Å². The maximum Gasteiger partial charge on any atom is 0.460 e. The Morgan fingerprint density at radius 2 is 0.961 bits per heavy atom. The maximum atomic E-state index is 14.0. The lowest BCUT2D eigenvalue weighted by atomic mass is 9.93. The summed E-state index contributed by atoms with van der Waals surface area (Å²) in [5, 5.41) is 10.8. The minimum atomic E-state index is -7.90. The summed E-state index contributed by atoms with van der Waals surface area (Å²) in [6, 6.07) is 18.6. The van der Waals surface area contributed by atoms with Crippen molar-refractivity contribution in [3.8, 4) is 22.6 Å². The fraction of sp³-hybridized carbons (Fsp3) is 0.438. The number of halogens is 13. The number of nitro groups is 1. The number of non-ortho nitro benzene ring substituents is 1. The van der Waals surface area contributed by atoms with Crippen LogP contribution in [0.1, 0.15) is 32.1 Å². The minimum Gasteiger partial charge on any atom is -0.494 e. The molecule has 0 saturated heterocycles. The molecule has 282 valence electrons. The topological polar surface area (TPSA) is 61.6 Å². The van der Waals surface area contributed by atoms with E-state index in [-0.39, 0.29) is 17.2 Å². The molecule has 3 rings (SSSR count). The zero-order valence-corrected chi connectivity index (χ0v) is 26.8. The first-order chi connectivity index (χ1) is 23.5. The molecule has 51 heavy (non-hydrogen) atoms. The number of nitrogens with zero attached hydrogens (tertiary/aromatic N) is 1. The van der Waals surface area contributed by atoms with Crippen LogP contribution >= 0.6 is 11.8 Å². The third-order valence-corrected chi connectivity index (χ3v) is 8.36. The molecule has 0 N–H and O–H groups in total.